The van der Waals surface area contributed by atoms with Gasteiger partial charge in [0, 0.05) is 19.2 Å². The smallest absolute Gasteiger partial charge is 0.438 e. The number of aryl methyl sites for hydroxylation is 1. The molecule has 1 unspecified atom stereocenters. The second-order valence-corrected chi connectivity index (χ2v) is 16.4. The van der Waals surface area contributed by atoms with E-state index in [-0.39, 0.29) is 43.8 Å². The van der Waals surface area contributed by atoms with Crippen molar-refractivity contribution in [3.63, 3.8) is 0 Å². The maximum Gasteiger partial charge on any atom is 0.478 e. The minimum absolute atomic E-state index is 0.0431. The number of phosphoric acid groups is 1. The summed E-state index contributed by atoms with van der Waals surface area (Å²) in [5.41, 5.74) is 5.47. The lowest BCUT2D eigenvalue weighted by Crippen LogP contribution is -2.28. The van der Waals surface area contributed by atoms with Gasteiger partial charge in [-0.1, -0.05) is 97.4 Å². The molecule has 1 saturated carbocycles. The number of carbonyl (C=O) groups is 2. The van der Waals surface area contributed by atoms with E-state index in [9.17, 15) is 22.9 Å². The Bertz CT molecular complexity index is 2130. The number of amides is 1. The lowest BCUT2D eigenvalue weighted by molar-refractivity contribution is -0.156. The molecule has 2 atom stereocenters. The quantitative estimate of drug-likeness (QED) is 0.0335. The number of furan rings is 1. The van der Waals surface area contributed by atoms with Gasteiger partial charge in [-0.25, -0.2) is 18.3 Å². The van der Waals surface area contributed by atoms with Crippen LogP contribution in [0.4, 0.5) is 0 Å². The molecule has 296 valence electrons. The molecule has 1 aliphatic rings. The molecule has 5 aromatic rings. The average molecular weight is 804 g/mol. The number of esters is 1. The molecule has 2 aromatic heterocycles. The predicted molar refractivity (Wildman–Crippen MR) is 211 cm³/mol. The number of aromatic nitrogens is 1. The number of ether oxygens (including phenoxy) is 1. The topological polar surface area (TPSA) is 167 Å². The predicted octanol–water partition coefficient (Wildman–Crippen LogP) is 8.45. The van der Waals surface area contributed by atoms with Crippen LogP contribution in [0, 0.1) is 12.8 Å². The van der Waals surface area contributed by atoms with Crippen LogP contribution in [0.3, 0.4) is 0 Å². The van der Waals surface area contributed by atoms with Crippen LogP contribution < -0.4 is 5.32 Å². The van der Waals surface area contributed by atoms with Crippen LogP contribution in [0.15, 0.2) is 95.4 Å². The Kier molecular flexibility index (Phi) is 14.0. The van der Waals surface area contributed by atoms with Gasteiger partial charge in [0.25, 0.3) is 5.91 Å². The van der Waals surface area contributed by atoms with Gasteiger partial charge in [-0.3, -0.25) is 23.2 Å². The van der Waals surface area contributed by atoms with Crippen molar-refractivity contribution in [1.29, 1.82) is 0 Å². The van der Waals surface area contributed by atoms with E-state index in [4.69, 9.17) is 27.7 Å². The maximum atomic E-state index is 13.5. The second kappa shape index (κ2) is 19.1. The first kappa shape index (κ1) is 41.1. The molecular weight excluding hydrogens is 758 g/mol. The highest BCUT2D eigenvalue weighted by Gasteiger charge is 2.32. The minimum atomic E-state index is -4.14. The Morgan fingerprint density at radius 2 is 1.61 bits per heavy atom. The third-order valence-electron chi connectivity index (χ3n) is 9.45. The molecule has 15 heteroatoms. The first-order valence-corrected chi connectivity index (χ1v) is 21.0. The van der Waals surface area contributed by atoms with Crippen LogP contribution in [0.25, 0.3) is 22.4 Å². The number of nitrogens with zero attached hydrogens (tertiary/aromatic N) is 2. The molecule has 0 bridgehead atoms. The van der Waals surface area contributed by atoms with Crippen molar-refractivity contribution < 1.29 is 45.6 Å². The summed E-state index contributed by atoms with van der Waals surface area (Å²) < 4.78 is 65.8. The zero-order valence-corrected chi connectivity index (χ0v) is 33.3. The van der Waals surface area contributed by atoms with E-state index in [1.807, 2.05) is 97.9 Å². The van der Waals surface area contributed by atoms with Crippen LogP contribution in [-0.4, -0.2) is 50.3 Å². The normalized spacial score (nSPS) is 14.2. The zero-order chi connectivity index (χ0) is 39.7. The van der Waals surface area contributed by atoms with Crippen molar-refractivity contribution in [2.45, 2.75) is 65.2 Å². The lowest BCUT2D eigenvalue weighted by Gasteiger charge is -2.20. The fraction of sp³-hybridized carbons (Fsp3) is 0.341. The Labute approximate surface area is 328 Å². The SMILES string of the molecule is CNC(=O)c1c(-c2ccc(C)cc2)oc2nc(CN(CCC[C@H](C)C(=O)OCOP(=O)(OCc3ccccc3)OCc3ccccc3)S(=O)O)c(C3CC3)cc12. The van der Waals surface area contributed by atoms with Gasteiger partial charge in [0.15, 0.2) is 0 Å². The highest BCUT2D eigenvalue weighted by Crippen LogP contribution is 2.51. The molecule has 6 rings (SSSR count). The number of rotatable bonds is 20. The molecule has 56 heavy (non-hydrogen) atoms. The summed E-state index contributed by atoms with van der Waals surface area (Å²) in [7, 11) is -2.58. The summed E-state index contributed by atoms with van der Waals surface area (Å²) >= 11 is -2.35. The first-order chi connectivity index (χ1) is 27.0. The molecule has 0 saturated heterocycles. The van der Waals surface area contributed by atoms with Gasteiger partial charge >= 0.3 is 13.8 Å². The highest BCUT2D eigenvalue weighted by atomic mass is 32.2. The molecule has 1 amide bonds. The molecular formula is C41H46N3O10PS. The third-order valence-corrected chi connectivity index (χ3v) is 11.5. The number of hydrogen-bond acceptors (Lipinski definition) is 10. The first-order valence-electron chi connectivity index (χ1n) is 18.4. The van der Waals surface area contributed by atoms with E-state index < -0.39 is 37.8 Å². The van der Waals surface area contributed by atoms with E-state index in [0.29, 0.717) is 35.2 Å². The lowest BCUT2D eigenvalue weighted by atomic mass is 10.0. The number of hydrogen-bond donors (Lipinski definition) is 2. The zero-order valence-electron chi connectivity index (χ0n) is 31.6. The highest BCUT2D eigenvalue weighted by molar-refractivity contribution is 7.76. The van der Waals surface area contributed by atoms with Crippen LogP contribution in [0.1, 0.15) is 76.8 Å². The molecule has 0 aliphatic heterocycles. The molecule has 0 radical (unpaired) electrons. The fourth-order valence-corrected chi connectivity index (χ4v) is 7.68. The van der Waals surface area contributed by atoms with Crippen LogP contribution in [0.2, 0.25) is 0 Å². The third kappa shape index (κ3) is 10.9. The van der Waals surface area contributed by atoms with Gasteiger partial charge in [0.2, 0.25) is 23.8 Å². The van der Waals surface area contributed by atoms with Crippen LogP contribution >= 0.6 is 7.82 Å². The van der Waals surface area contributed by atoms with Crippen LogP contribution in [-0.2, 0) is 58.7 Å². The number of fused-ring (bicyclic) bond motifs is 1. The molecule has 0 spiro atoms. The van der Waals surface area contributed by atoms with E-state index >= 15 is 0 Å². The van der Waals surface area contributed by atoms with Gasteiger partial charge in [-0.2, -0.15) is 4.31 Å². The van der Waals surface area contributed by atoms with Gasteiger partial charge in [-0.05, 0) is 61.3 Å². The number of phosphoric ester groups is 1. The molecule has 2 heterocycles. The number of benzene rings is 3. The van der Waals surface area contributed by atoms with Crippen molar-refractivity contribution in [3.05, 3.63) is 125 Å². The summed E-state index contributed by atoms with van der Waals surface area (Å²) in [4.78, 5) is 30.9. The van der Waals surface area contributed by atoms with Crippen molar-refractivity contribution in [3.8, 4) is 11.3 Å². The largest absolute Gasteiger partial charge is 0.478 e. The van der Waals surface area contributed by atoms with E-state index in [1.165, 1.54) is 4.31 Å². The van der Waals surface area contributed by atoms with Crippen molar-refractivity contribution in [1.82, 2.24) is 14.6 Å². The standard InChI is InChI=1S/C41H46N3O10PS/c1-28-16-18-33(19-17-28)38-37(39(45)42-3)35-23-34(32-20-21-32)36(43-40(35)54-38)24-44(56(48)49)22-10-11-29(2)41(46)50-27-53-55(47,51-25-30-12-6-4-7-13-30)52-26-31-14-8-5-9-15-31/h4-9,12-19,23,29,32H,10-11,20-22,24-27H2,1-3H3,(H,42,45)(H,48,49)/t29-/m0/s1. The van der Waals surface area contributed by atoms with Gasteiger partial charge in [0.05, 0.1) is 42.3 Å². The van der Waals surface area contributed by atoms with Crippen molar-refractivity contribution in [2.24, 2.45) is 5.92 Å². The number of pyridine rings is 1. The van der Waals surface area contributed by atoms with Gasteiger partial charge < -0.3 is 14.5 Å². The Morgan fingerprint density at radius 1 is 0.982 bits per heavy atom. The summed E-state index contributed by atoms with van der Waals surface area (Å²) in [6.45, 7) is 3.13. The van der Waals surface area contributed by atoms with E-state index in [1.54, 1.807) is 14.0 Å². The summed E-state index contributed by atoms with van der Waals surface area (Å²) in [5.74, 6) is -0.885. The minimum Gasteiger partial charge on any atom is -0.438 e. The van der Waals surface area contributed by atoms with Crippen LogP contribution in [0.5, 0.6) is 0 Å². The van der Waals surface area contributed by atoms with Crippen molar-refractivity contribution >= 4 is 42.1 Å². The van der Waals surface area contributed by atoms with Gasteiger partial charge in [0.1, 0.15) is 5.76 Å². The maximum absolute atomic E-state index is 13.5. The Balaban J connectivity index is 1.07. The Hall–Kier alpha value is -4.53. The van der Waals surface area contributed by atoms with Crippen molar-refractivity contribution in [2.75, 3.05) is 20.4 Å². The average Bonchev–Trinajstić information content (AvgIpc) is 3.99. The van der Waals surface area contributed by atoms with Gasteiger partial charge in [-0.15, -0.1) is 0 Å². The number of nitrogens with one attached hydrogen (secondary N) is 1. The summed E-state index contributed by atoms with van der Waals surface area (Å²) in [6, 6.07) is 27.8. The molecule has 1 aliphatic carbocycles. The Morgan fingerprint density at radius 3 is 2.18 bits per heavy atom. The van der Waals surface area contributed by atoms with E-state index in [0.717, 1.165) is 40.7 Å². The van der Waals surface area contributed by atoms with E-state index in [2.05, 4.69) is 5.32 Å². The summed E-state index contributed by atoms with van der Waals surface area (Å²) in [5, 5.41) is 3.30. The fourth-order valence-electron chi connectivity index (χ4n) is 6.14. The molecule has 3 aromatic carbocycles. The summed E-state index contributed by atoms with van der Waals surface area (Å²) in [6.07, 6.45) is 2.59. The monoisotopic (exact) mass is 803 g/mol. The number of carbonyl (C=O) groups excluding carboxylic acids is 2. The molecule has 1 fully saturated rings. The molecule has 2 N–H and O–H groups in total. The second-order valence-electron chi connectivity index (χ2n) is 13.7. The molecule has 13 nitrogen and oxygen atoms in total.